The number of benzene rings is 1. The second-order valence-corrected chi connectivity index (χ2v) is 7.69. The van der Waals surface area contributed by atoms with Gasteiger partial charge in [-0.15, -0.1) is 0 Å². The van der Waals surface area contributed by atoms with Crippen molar-refractivity contribution in [3.8, 4) is 0 Å². The van der Waals surface area contributed by atoms with Crippen LogP contribution in [0.4, 0.5) is 0 Å². The average molecular weight is 383 g/mol. The van der Waals surface area contributed by atoms with Crippen molar-refractivity contribution in [2.24, 2.45) is 12.0 Å². The summed E-state index contributed by atoms with van der Waals surface area (Å²) in [7, 11) is 3.82. The van der Waals surface area contributed by atoms with Gasteiger partial charge in [-0.1, -0.05) is 36.8 Å². The Morgan fingerprint density at radius 3 is 2.64 bits per heavy atom. The van der Waals surface area contributed by atoms with E-state index in [0.717, 1.165) is 31.3 Å². The van der Waals surface area contributed by atoms with Crippen molar-refractivity contribution in [1.29, 1.82) is 0 Å². The van der Waals surface area contributed by atoms with Crippen LogP contribution in [-0.4, -0.2) is 46.8 Å². The van der Waals surface area contributed by atoms with Crippen LogP contribution < -0.4 is 10.6 Å². The molecule has 1 aromatic carbocycles. The second-order valence-electron chi connectivity index (χ2n) is 7.69. The SMILES string of the molecule is CN=C(NCc1c(C)nn(C)c1C)NCC1CCCCN1Cc1ccccc1. The fourth-order valence-corrected chi connectivity index (χ4v) is 4.00. The number of likely N-dealkylation sites (tertiary alicyclic amines) is 1. The summed E-state index contributed by atoms with van der Waals surface area (Å²) < 4.78 is 1.94. The van der Waals surface area contributed by atoms with Crippen molar-refractivity contribution in [1.82, 2.24) is 25.3 Å². The van der Waals surface area contributed by atoms with Crippen LogP contribution in [0.5, 0.6) is 0 Å². The number of guanidine groups is 1. The highest BCUT2D eigenvalue weighted by atomic mass is 15.3. The van der Waals surface area contributed by atoms with Crippen molar-refractivity contribution < 1.29 is 0 Å². The first-order valence-corrected chi connectivity index (χ1v) is 10.3. The van der Waals surface area contributed by atoms with E-state index in [1.165, 1.54) is 42.6 Å². The van der Waals surface area contributed by atoms with Crippen LogP contribution in [0.1, 0.15) is 41.8 Å². The maximum Gasteiger partial charge on any atom is 0.191 e. The van der Waals surface area contributed by atoms with E-state index in [4.69, 9.17) is 0 Å². The summed E-state index contributed by atoms with van der Waals surface area (Å²) in [6.45, 7) is 8.01. The Hall–Kier alpha value is -2.34. The highest BCUT2D eigenvalue weighted by Crippen LogP contribution is 2.19. The Bertz CT molecular complexity index is 780. The molecule has 6 heteroatoms. The number of nitrogens with one attached hydrogen (secondary N) is 2. The molecule has 28 heavy (non-hydrogen) atoms. The largest absolute Gasteiger partial charge is 0.355 e. The molecule has 0 amide bonds. The van der Waals surface area contributed by atoms with Crippen LogP contribution in [0.2, 0.25) is 0 Å². The van der Waals surface area contributed by atoms with E-state index in [-0.39, 0.29) is 0 Å². The molecular weight excluding hydrogens is 348 g/mol. The van der Waals surface area contributed by atoms with Gasteiger partial charge >= 0.3 is 0 Å². The molecule has 2 N–H and O–H groups in total. The predicted octanol–water partition coefficient (Wildman–Crippen LogP) is 2.76. The zero-order chi connectivity index (χ0) is 19.9. The first-order chi connectivity index (χ1) is 13.6. The van der Waals surface area contributed by atoms with E-state index in [1.54, 1.807) is 0 Å². The van der Waals surface area contributed by atoms with Crippen molar-refractivity contribution in [2.45, 2.75) is 52.2 Å². The highest BCUT2D eigenvalue weighted by molar-refractivity contribution is 5.79. The van der Waals surface area contributed by atoms with Gasteiger partial charge in [-0.2, -0.15) is 5.10 Å². The van der Waals surface area contributed by atoms with Gasteiger partial charge in [-0.05, 0) is 38.8 Å². The van der Waals surface area contributed by atoms with Crippen LogP contribution in [0, 0.1) is 13.8 Å². The van der Waals surface area contributed by atoms with E-state index < -0.39 is 0 Å². The van der Waals surface area contributed by atoms with E-state index in [2.05, 4.69) is 69.8 Å². The minimum atomic E-state index is 0.536. The van der Waals surface area contributed by atoms with Crippen LogP contribution >= 0.6 is 0 Å². The van der Waals surface area contributed by atoms with Gasteiger partial charge in [0.25, 0.3) is 0 Å². The van der Waals surface area contributed by atoms with E-state index in [0.29, 0.717) is 6.04 Å². The van der Waals surface area contributed by atoms with Gasteiger partial charge in [-0.25, -0.2) is 0 Å². The molecule has 1 saturated heterocycles. The molecule has 0 saturated carbocycles. The molecule has 1 aliphatic heterocycles. The van der Waals surface area contributed by atoms with Crippen LogP contribution in [0.15, 0.2) is 35.3 Å². The Morgan fingerprint density at radius 1 is 1.18 bits per heavy atom. The molecule has 1 atom stereocenters. The molecular formula is C22H34N6. The van der Waals surface area contributed by atoms with E-state index in [1.807, 2.05) is 18.8 Å². The lowest BCUT2D eigenvalue weighted by atomic mass is 10.0. The molecule has 2 aromatic rings. The summed E-state index contributed by atoms with van der Waals surface area (Å²) in [5.41, 5.74) is 4.90. The summed E-state index contributed by atoms with van der Waals surface area (Å²) in [5, 5.41) is 11.5. The Morgan fingerprint density at radius 2 is 1.96 bits per heavy atom. The number of aliphatic imine (C=N–C) groups is 1. The molecule has 0 radical (unpaired) electrons. The summed E-state index contributed by atoms with van der Waals surface area (Å²) in [6.07, 6.45) is 3.82. The zero-order valence-corrected chi connectivity index (χ0v) is 17.7. The zero-order valence-electron chi connectivity index (χ0n) is 17.7. The fraction of sp³-hybridized carbons (Fsp3) is 0.545. The quantitative estimate of drug-likeness (QED) is 0.596. The lowest BCUT2D eigenvalue weighted by Crippen LogP contribution is -2.48. The number of nitrogens with zero attached hydrogens (tertiary/aromatic N) is 4. The standard InChI is InChI=1S/C22H34N6/c1-17-21(18(2)27(4)26-17)15-25-22(23-3)24-14-20-12-8-9-13-28(20)16-19-10-6-5-7-11-19/h5-7,10-11,20H,8-9,12-16H2,1-4H3,(H2,23,24,25). The molecule has 0 aliphatic carbocycles. The maximum absolute atomic E-state index is 4.49. The molecule has 152 valence electrons. The topological polar surface area (TPSA) is 57.5 Å². The van der Waals surface area contributed by atoms with Gasteiger partial charge in [0.1, 0.15) is 0 Å². The fourth-order valence-electron chi connectivity index (χ4n) is 4.00. The third kappa shape index (κ3) is 5.13. The minimum Gasteiger partial charge on any atom is -0.355 e. The predicted molar refractivity (Wildman–Crippen MR) is 115 cm³/mol. The smallest absolute Gasteiger partial charge is 0.191 e. The number of rotatable bonds is 6. The van der Waals surface area contributed by atoms with Crippen molar-refractivity contribution in [2.75, 3.05) is 20.1 Å². The number of aromatic nitrogens is 2. The van der Waals surface area contributed by atoms with Gasteiger partial charge in [0.15, 0.2) is 5.96 Å². The lowest BCUT2D eigenvalue weighted by molar-refractivity contribution is 0.141. The minimum absolute atomic E-state index is 0.536. The number of piperidine rings is 1. The Labute approximate surface area is 169 Å². The molecule has 1 aliphatic rings. The molecule has 1 unspecified atom stereocenters. The summed E-state index contributed by atoms with van der Waals surface area (Å²) in [5.74, 6) is 0.855. The first kappa shape index (κ1) is 20.4. The van der Waals surface area contributed by atoms with Gasteiger partial charge < -0.3 is 10.6 Å². The summed E-state index contributed by atoms with van der Waals surface area (Å²) >= 11 is 0. The molecule has 0 bridgehead atoms. The van der Waals surface area contributed by atoms with Crippen molar-refractivity contribution >= 4 is 5.96 Å². The highest BCUT2D eigenvalue weighted by Gasteiger charge is 2.22. The molecule has 1 fully saturated rings. The van der Waals surface area contributed by atoms with Gasteiger partial charge in [0.05, 0.1) is 5.69 Å². The second kappa shape index (κ2) is 9.73. The van der Waals surface area contributed by atoms with Gasteiger partial charge in [0, 0.05) is 51.0 Å². The Balaban J connectivity index is 1.54. The maximum atomic E-state index is 4.49. The van der Waals surface area contributed by atoms with E-state index in [9.17, 15) is 0 Å². The van der Waals surface area contributed by atoms with Crippen molar-refractivity contribution in [3.63, 3.8) is 0 Å². The van der Waals surface area contributed by atoms with Crippen LogP contribution in [0.25, 0.3) is 0 Å². The van der Waals surface area contributed by atoms with Crippen LogP contribution in [-0.2, 0) is 20.1 Å². The number of aryl methyl sites for hydroxylation is 2. The van der Waals surface area contributed by atoms with Crippen molar-refractivity contribution in [3.05, 3.63) is 52.8 Å². The van der Waals surface area contributed by atoms with E-state index >= 15 is 0 Å². The number of hydrogen-bond donors (Lipinski definition) is 2. The molecule has 3 rings (SSSR count). The Kier molecular flexibility index (Phi) is 7.09. The van der Waals surface area contributed by atoms with Gasteiger partial charge in [-0.3, -0.25) is 14.6 Å². The molecule has 0 spiro atoms. The molecule has 6 nitrogen and oxygen atoms in total. The average Bonchev–Trinajstić information content (AvgIpc) is 2.95. The van der Waals surface area contributed by atoms with Gasteiger partial charge in [0.2, 0.25) is 0 Å². The number of hydrogen-bond acceptors (Lipinski definition) is 3. The molecule has 1 aromatic heterocycles. The first-order valence-electron chi connectivity index (χ1n) is 10.3. The normalized spacial score (nSPS) is 18.3. The monoisotopic (exact) mass is 382 g/mol. The summed E-state index contributed by atoms with van der Waals surface area (Å²) in [4.78, 5) is 7.02. The van der Waals surface area contributed by atoms with Crippen LogP contribution in [0.3, 0.4) is 0 Å². The summed E-state index contributed by atoms with van der Waals surface area (Å²) in [6, 6.07) is 11.3. The third-order valence-electron chi connectivity index (χ3n) is 5.80. The third-order valence-corrected chi connectivity index (χ3v) is 5.80. The molecule has 2 heterocycles. The lowest BCUT2D eigenvalue weighted by Gasteiger charge is -2.36.